The van der Waals surface area contributed by atoms with Crippen molar-refractivity contribution in [2.75, 3.05) is 13.1 Å². The van der Waals surface area contributed by atoms with Gasteiger partial charge >= 0.3 is 0 Å². The van der Waals surface area contributed by atoms with Crippen molar-refractivity contribution in [1.82, 2.24) is 10.6 Å². The fourth-order valence-corrected chi connectivity index (χ4v) is 3.13. The second kappa shape index (κ2) is 13.6. The number of nitriles is 2. The first-order valence-corrected chi connectivity index (χ1v) is 10.7. The molecule has 0 aromatic heterocycles. The molecule has 0 aliphatic carbocycles. The molecule has 0 spiro atoms. The van der Waals surface area contributed by atoms with Crippen molar-refractivity contribution in [2.45, 2.75) is 44.9 Å². The van der Waals surface area contributed by atoms with Gasteiger partial charge in [-0.05, 0) is 61.4 Å². The van der Waals surface area contributed by atoms with Gasteiger partial charge in [0.2, 0.25) is 0 Å². The van der Waals surface area contributed by atoms with Crippen LogP contribution >= 0.6 is 0 Å². The number of carbonyl (C=O) groups excluding carboxylic acids is 2. The molecule has 0 atom stereocenters. The molecule has 2 aromatic rings. The van der Waals surface area contributed by atoms with E-state index in [1.54, 1.807) is 48.5 Å². The Balaban J connectivity index is 1.44. The zero-order valence-electron chi connectivity index (χ0n) is 17.7. The Kier molecular flexibility index (Phi) is 10.3. The van der Waals surface area contributed by atoms with E-state index in [0.717, 1.165) is 44.9 Å². The first kappa shape index (κ1) is 23.6. The van der Waals surface area contributed by atoms with Gasteiger partial charge in [-0.2, -0.15) is 10.5 Å². The maximum Gasteiger partial charge on any atom is 0.251 e. The number of nitrogens with zero attached hydrogens (tertiary/aromatic N) is 2. The van der Waals surface area contributed by atoms with Crippen LogP contribution < -0.4 is 10.6 Å². The van der Waals surface area contributed by atoms with Gasteiger partial charge in [-0.1, -0.05) is 32.1 Å². The van der Waals surface area contributed by atoms with Crippen molar-refractivity contribution in [3.8, 4) is 12.1 Å². The van der Waals surface area contributed by atoms with E-state index in [2.05, 4.69) is 10.6 Å². The highest BCUT2D eigenvalue weighted by atomic mass is 16.2. The van der Waals surface area contributed by atoms with E-state index in [4.69, 9.17) is 10.5 Å². The molecule has 0 bridgehead atoms. The molecule has 0 heterocycles. The van der Waals surface area contributed by atoms with Crippen molar-refractivity contribution < 1.29 is 9.59 Å². The molecule has 31 heavy (non-hydrogen) atoms. The molecule has 0 saturated heterocycles. The molecule has 6 nitrogen and oxygen atoms in total. The van der Waals surface area contributed by atoms with Crippen LogP contribution in [0.1, 0.15) is 76.8 Å². The van der Waals surface area contributed by atoms with Gasteiger partial charge in [0.15, 0.2) is 0 Å². The van der Waals surface area contributed by atoms with Gasteiger partial charge in [-0.15, -0.1) is 0 Å². The third-order valence-corrected chi connectivity index (χ3v) is 4.98. The molecule has 0 aliphatic heterocycles. The average Bonchev–Trinajstić information content (AvgIpc) is 2.82. The lowest BCUT2D eigenvalue weighted by Gasteiger charge is -2.06. The van der Waals surface area contributed by atoms with Gasteiger partial charge < -0.3 is 10.6 Å². The quantitative estimate of drug-likeness (QED) is 0.503. The van der Waals surface area contributed by atoms with Crippen molar-refractivity contribution in [2.24, 2.45) is 0 Å². The van der Waals surface area contributed by atoms with E-state index < -0.39 is 0 Å². The third-order valence-electron chi connectivity index (χ3n) is 4.98. The second-order valence-electron chi connectivity index (χ2n) is 7.36. The number of rotatable bonds is 12. The number of nitrogens with one attached hydrogen (secondary N) is 2. The van der Waals surface area contributed by atoms with E-state index >= 15 is 0 Å². The number of carbonyl (C=O) groups is 2. The SMILES string of the molecule is N#Cc1ccc(C(=O)NCCCCCCCCCNC(=O)c2ccc(C#N)cc2)cc1. The Morgan fingerprint density at radius 3 is 1.23 bits per heavy atom. The van der Waals surface area contributed by atoms with E-state index in [1.807, 2.05) is 12.1 Å². The number of benzene rings is 2. The Bertz CT molecular complexity index is 844. The van der Waals surface area contributed by atoms with Gasteiger partial charge in [0.1, 0.15) is 0 Å². The maximum atomic E-state index is 12.0. The fourth-order valence-electron chi connectivity index (χ4n) is 3.13. The first-order valence-electron chi connectivity index (χ1n) is 10.7. The average molecular weight is 417 g/mol. The summed E-state index contributed by atoms with van der Waals surface area (Å²) in [4.78, 5) is 24.0. The Labute approximate surface area is 183 Å². The molecule has 2 N–H and O–H groups in total. The fraction of sp³-hybridized carbons (Fsp3) is 0.360. The molecule has 160 valence electrons. The summed E-state index contributed by atoms with van der Waals surface area (Å²) in [5.74, 6) is -0.208. The van der Waals surface area contributed by atoms with E-state index in [-0.39, 0.29) is 11.8 Å². The lowest BCUT2D eigenvalue weighted by Crippen LogP contribution is -2.24. The van der Waals surface area contributed by atoms with Crippen LogP contribution in [0.5, 0.6) is 0 Å². The molecular formula is C25H28N4O2. The molecule has 0 unspecified atom stereocenters. The van der Waals surface area contributed by atoms with Crippen LogP contribution in [0.3, 0.4) is 0 Å². The normalized spacial score (nSPS) is 10.0. The minimum Gasteiger partial charge on any atom is -0.352 e. The van der Waals surface area contributed by atoms with Crippen LogP contribution in [-0.4, -0.2) is 24.9 Å². The molecule has 2 amide bonds. The van der Waals surface area contributed by atoms with Crippen LogP contribution in [-0.2, 0) is 0 Å². The summed E-state index contributed by atoms with van der Waals surface area (Å²) >= 11 is 0. The van der Waals surface area contributed by atoms with Crippen molar-refractivity contribution in [3.05, 3.63) is 70.8 Å². The summed E-state index contributed by atoms with van der Waals surface area (Å²) in [6, 6.07) is 17.3. The highest BCUT2D eigenvalue weighted by Gasteiger charge is 2.05. The second-order valence-corrected chi connectivity index (χ2v) is 7.36. The third kappa shape index (κ3) is 8.72. The van der Waals surface area contributed by atoms with Crippen molar-refractivity contribution in [3.63, 3.8) is 0 Å². The number of amides is 2. The lowest BCUT2D eigenvalue weighted by molar-refractivity contribution is 0.0945. The summed E-state index contributed by atoms with van der Waals surface area (Å²) in [7, 11) is 0. The lowest BCUT2D eigenvalue weighted by atomic mass is 10.1. The number of unbranched alkanes of at least 4 members (excludes halogenated alkanes) is 6. The maximum absolute atomic E-state index is 12.0. The van der Waals surface area contributed by atoms with Gasteiger partial charge in [0, 0.05) is 24.2 Å². The van der Waals surface area contributed by atoms with Gasteiger partial charge in [-0.3, -0.25) is 9.59 Å². The van der Waals surface area contributed by atoms with E-state index in [9.17, 15) is 9.59 Å². The predicted octanol–water partition coefficient (Wildman–Crippen LogP) is 4.32. The summed E-state index contributed by atoms with van der Waals surface area (Å²) < 4.78 is 0. The Hall–Kier alpha value is -3.64. The van der Waals surface area contributed by atoms with Gasteiger partial charge in [-0.25, -0.2) is 0 Å². The highest BCUT2D eigenvalue weighted by Crippen LogP contribution is 2.08. The van der Waals surface area contributed by atoms with E-state index in [1.165, 1.54) is 0 Å². The standard InChI is InChI=1S/C25H28N4O2/c26-18-20-8-12-22(13-9-20)24(30)28-16-6-4-2-1-3-5-7-17-29-25(31)23-14-10-21(19-27)11-15-23/h8-15H,1-7,16-17H2,(H,28,30)(H,29,31). The minimum atomic E-state index is -0.104. The number of hydrogen-bond acceptors (Lipinski definition) is 4. The highest BCUT2D eigenvalue weighted by molar-refractivity contribution is 5.94. The predicted molar refractivity (Wildman–Crippen MR) is 119 cm³/mol. The molecule has 0 saturated carbocycles. The molecule has 2 rings (SSSR count). The summed E-state index contributed by atoms with van der Waals surface area (Å²) in [6.45, 7) is 1.31. The smallest absolute Gasteiger partial charge is 0.251 e. The molecule has 0 fully saturated rings. The number of hydrogen-bond donors (Lipinski definition) is 2. The van der Waals surface area contributed by atoms with Crippen molar-refractivity contribution in [1.29, 1.82) is 10.5 Å². The summed E-state index contributed by atoms with van der Waals surface area (Å²) in [6.07, 6.45) is 7.44. The zero-order chi connectivity index (χ0) is 22.3. The minimum absolute atomic E-state index is 0.104. The Morgan fingerprint density at radius 2 is 0.903 bits per heavy atom. The largest absolute Gasteiger partial charge is 0.352 e. The molecule has 0 aliphatic rings. The molecule has 6 heteroatoms. The van der Waals surface area contributed by atoms with Crippen LogP contribution in [0.15, 0.2) is 48.5 Å². The Morgan fingerprint density at radius 1 is 0.581 bits per heavy atom. The molecule has 0 radical (unpaired) electrons. The van der Waals surface area contributed by atoms with Gasteiger partial charge in [0.25, 0.3) is 11.8 Å². The van der Waals surface area contributed by atoms with Crippen molar-refractivity contribution >= 4 is 11.8 Å². The summed E-state index contributed by atoms with van der Waals surface area (Å²) in [5.41, 5.74) is 2.24. The van der Waals surface area contributed by atoms with Crippen LogP contribution in [0.4, 0.5) is 0 Å². The topological polar surface area (TPSA) is 106 Å². The van der Waals surface area contributed by atoms with Gasteiger partial charge in [0.05, 0.1) is 23.3 Å². The first-order chi connectivity index (χ1) is 15.1. The van der Waals surface area contributed by atoms with Crippen LogP contribution in [0.2, 0.25) is 0 Å². The molecular weight excluding hydrogens is 388 g/mol. The zero-order valence-corrected chi connectivity index (χ0v) is 17.7. The summed E-state index contributed by atoms with van der Waals surface area (Å²) in [5, 5.41) is 23.4. The monoisotopic (exact) mass is 416 g/mol. The van der Waals surface area contributed by atoms with Crippen LogP contribution in [0, 0.1) is 22.7 Å². The van der Waals surface area contributed by atoms with E-state index in [0.29, 0.717) is 35.3 Å². The molecule has 2 aromatic carbocycles. The van der Waals surface area contributed by atoms with Crippen LogP contribution in [0.25, 0.3) is 0 Å².